The predicted molar refractivity (Wildman–Crippen MR) is 58.0 cm³/mol. The number of hydrogen-bond acceptors (Lipinski definition) is 2. The first-order chi connectivity index (χ1) is 6.09. The highest BCUT2D eigenvalue weighted by molar-refractivity contribution is 4.78. The maximum Gasteiger partial charge on any atom is 0.0189 e. The fourth-order valence-electron chi connectivity index (χ4n) is 1.45. The largest absolute Gasteiger partial charge is 0.313 e. The highest BCUT2D eigenvalue weighted by atomic mass is 15.1. The average Bonchev–Trinajstić information content (AvgIpc) is 2.83. The van der Waals surface area contributed by atoms with Gasteiger partial charge in [0.15, 0.2) is 0 Å². The van der Waals surface area contributed by atoms with Crippen LogP contribution in [-0.4, -0.2) is 37.1 Å². The summed E-state index contributed by atoms with van der Waals surface area (Å²) in [4.78, 5) is 2.48. The van der Waals surface area contributed by atoms with Crippen LogP contribution in [0, 0.1) is 5.92 Å². The van der Waals surface area contributed by atoms with Crippen molar-refractivity contribution in [2.45, 2.75) is 45.7 Å². The van der Waals surface area contributed by atoms with E-state index in [1.165, 1.54) is 19.4 Å². The summed E-state index contributed by atoms with van der Waals surface area (Å²) in [5.74, 6) is 1.01. The van der Waals surface area contributed by atoms with E-state index in [2.05, 4.69) is 38.0 Å². The van der Waals surface area contributed by atoms with E-state index in [1.54, 1.807) is 0 Å². The molecule has 0 aliphatic heterocycles. The molecule has 0 bridgehead atoms. The molecule has 0 spiro atoms. The third kappa shape index (κ3) is 4.63. The van der Waals surface area contributed by atoms with Crippen LogP contribution in [0.25, 0.3) is 0 Å². The molecule has 13 heavy (non-hydrogen) atoms. The first-order valence-corrected chi connectivity index (χ1v) is 5.53. The van der Waals surface area contributed by atoms with Gasteiger partial charge in [0.2, 0.25) is 0 Å². The zero-order valence-electron chi connectivity index (χ0n) is 9.51. The number of hydrogen-bond donors (Lipinski definition) is 1. The monoisotopic (exact) mass is 184 g/mol. The van der Waals surface area contributed by atoms with Crippen molar-refractivity contribution in [1.29, 1.82) is 0 Å². The van der Waals surface area contributed by atoms with Crippen molar-refractivity contribution in [3.05, 3.63) is 0 Å². The second kappa shape index (κ2) is 4.97. The molecular weight excluding hydrogens is 160 g/mol. The molecule has 1 rings (SSSR count). The van der Waals surface area contributed by atoms with E-state index >= 15 is 0 Å². The van der Waals surface area contributed by atoms with Gasteiger partial charge in [-0.05, 0) is 32.7 Å². The van der Waals surface area contributed by atoms with Gasteiger partial charge >= 0.3 is 0 Å². The van der Waals surface area contributed by atoms with Crippen LogP contribution in [0.3, 0.4) is 0 Å². The Kier molecular flexibility index (Phi) is 4.20. The van der Waals surface area contributed by atoms with Crippen LogP contribution in [-0.2, 0) is 0 Å². The van der Waals surface area contributed by atoms with E-state index in [0.29, 0.717) is 12.1 Å². The lowest BCUT2D eigenvalue weighted by atomic mass is 10.2. The minimum Gasteiger partial charge on any atom is -0.313 e. The third-order valence-electron chi connectivity index (χ3n) is 2.82. The maximum atomic E-state index is 3.48. The van der Waals surface area contributed by atoms with Crippen molar-refractivity contribution >= 4 is 0 Å². The fourth-order valence-corrected chi connectivity index (χ4v) is 1.45. The predicted octanol–water partition coefficient (Wildman–Crippen LogP) is 1.71. The van der Waals surface area contributed by atoms with Gasteiger partial charge in [0.1, 0.15) is 0 Å². The van der Waals surface area contributed by atoms with Crippen LogP contribution in [0.4, 0.5) is 0 Å². The fraction of sp³-hybridized carbons (Fsp3) is 1.00. The van der Waals surface area contributed by atoms with E-state index in [4.69, 9.17) is 0 Å². The van der Waals surface area contributed by atoms with E-state index in [0.717, 1.165) is 12.5 Å². The van der Waals surface area contributed by atoms with E-state index in [9.17, 15) is 0 Å². The summed E-state index contributed by atoms with van der Waals surface area (Å²) in [6.07, 6.45) is 2.91. The molecule has 1 aliphatic carbocycles. The zero-order valence-corrected chi connectivity index (χ0v) is 9.51. The molecule has 0 aromatic rings. The van der Waals surface area contributed by atoms with Crippen molar-refractivity contribution < 1.29 is 0 Å². The summed E-state index contributed by atoms with van der Waals surface area (Å²) in [5, 5.41) is 3.48. The summed E-state index contributed by atoms with van der Waals surface area (Å²) in [6, 6.07) is 1.28. The standard InChI is InChI=1S/C11H24N2/c1-9(2)12-7-10(3)13(4)8-11-5-6-11/h9-12H,5-8H2,1-4H3. The van der Waals surface area contributed by atoms with Gasteiger partial charge in [-0.25, -0.2) is 0 Å². The lowest BCUT2D eigenvalue weighted by Crippen LogP contribution is -2.40. The van der Waals surface area contributed by atoms with Crippen LogP contribution in [0.15, 0.2) is 0 Å². The van der Waals surface area contributed by atoms with Crippen molar-refractivity contribution in [2.75, 3.05) is 20.1 Å². The van der Waals surface area contributed by atoms with Gasteiger partial charge in [-0.3, -0.25) is 0 Å². The van der Waals surface area contributed by atoms with Gasteiger partial charge in [-0.1, -0.05) is 13.8 Å². The van der Waals surface area contributed by atoms with Crippen LogP contribution in [0.1, 0.15) is 33.6 Å². The lowest BCUT2D eigenvalue weighted by molar-refractivity contribution is 0.238. The molecule has 78 valence electrons. The SMILES string of the molecule is CC(C)NCC(C)N(C)CC1CC1. The highest BCUT2D eigenvalue weighted by Gasteiger charge is 2.24. The Labute approximate surface area is 82.7 Å². The van der Waals surface area contributed by atoms with E-state index in [-0.39, 0.29) is 0 Å². The Morgan fingerprint density at radius 2 is 1.92 bits per heavy atom. The third-order valence-corrected chi connectivity index (χ3v) is 2.82. The number of nitrogens with zero attached hydrogens (tertiary/aromatic N) is 1. The summed E-state index contributed by atoms with van der Waals surface area (Å²) >= 11 is 0. The maximum absolute atomic E-state index is 3.48. The van der Waals surface area contributed by atoms with Gasteiger partial charge in [-0.15, -0.1) is 0 Å². The van der Waals surface area contributed by atoms with Crippen LogP contribution >= 0.6 is 0 Å². The molecule has 1 fully saturated rings. The van der Waals surface area contributed by atoms with Crippen molar-refractivity contribution in [3.63, 3.8) is 0 Å². The Balaban J connectivity index is 2.08. The number of nitrogens with one attached hydrogen (secondary N) is 1. The number of rotatable bonds is 6. The molecule has 1 saturated carbocycles. The molecule has 0 amide bonds. The minimum absolute atomic E-state index is 0.608. The second-order valence-electron chi connectivity index (χ2n) is 4.79. The van der Waals surface area contributed by atoms with Gasteiger partial charge in [0.05, 0.1) is 0 Å². The zero-order chi connectivity index (χ0) is 9.84. The van der Waals surface area contributed by atoms with Crippen LogP contribution in [0.5, 0.6) is 0 Å². The summed E-state index contributed by atoms with van der Waals surface area (Å²) in [7, 11) is 2.24. The van der Waals surface area contributed by atoms with Crippen molar-refractivity contribution in [1.82, 2.24) is 10.2 Å². The minimum atomic E-state index is 0.608. The highest BCUT2D eigenvalue weighted by Crippen LogP contribution is 2.29. The molecule has 2 heteroatoms. The summed E-state index contributed by atoms with van der Waals surface area (Å²) < 4.78 is 0. The molecule has 0 radical (unpaired) electrons. The quantitative estimate of drug-likeness (QED) is 0.676. The first-order valence-electron chi connectivity index (χ1n) is 5.53. The van der Waals surface area contributed by atoms with Crippen molar-refractivity contribution in [3.8, 4) is 0 Å². The van der Waals surface area contributed by atoms with Gasteiger partial charge in [-0.2, -0.15) is 0 Å². The lowest BCUT2D eigenvalue weighted by Gasteiger charge is -2.25. The topological polar surface area (TPSA) is 15.3 Å². The number of likely N-dealkylation sites (N-methyl/N-ethyl adjacent to an activating group) is 1. The molecule has 2 nitrogen and oxygen atoms in total. The normalized spacial score (nSPS) is 19.8. The Morgan fingerprint density at radius 1 is 1.31 bits per heavy atom. The Morgan fingerprint density at radius 3 is 2.38 bits per heavy atom. The molecule has 0 aromatic carbocycles. The Bertz CT molecular complexity index is 141. The molecular formula is C11H24N2. The van der Waals surface area contributed by atoms with E-state index < -0.39 is 0 Å². The van der Waals surface area contributed by atoms with Gasteiger partial charge in [0.25, 0.3) is 0 Å². The molecule has 1 unspecified atom stereocenters. The molecule has 1 aliphatic rings. The average molecular weight is 184 g/mol. The second-order valence-corrected chi connectivity index (χ2v) is 4.79. The summed E-state index contributed by atoms with van der Waals surface area (Å²) in [5.41, 5.74) is 0. The van der Waals surface area contributed by atoms with Gasteiger partial charge < -0.3 is 10.2 Å². The molecule has 0 aromatic heterocycles. The smallest absolute Gasteiger partial charge is 0.0189 e. The molecule has 0 saturated heterocycles. The summed E-state index contributed by atoms with van der Waals surface area (Å²) in [6.45, 7) is 9.11. The van der Waals surface area contributed by atoms with Crippen LogP contribution in [0.2, 0.25) is 0 Å². The first kappa shape index (κ1) is 11.0. The molecule has 1 N–H and O–H groups in total. The Hall–Kier alpha value is -0.0800. The molecule has 0 heterocycles. The van der Waals surface area contributed by atoms with Crippen molar-refractivity contribution in [2.24, 2.45) is 5.92 Å². The molecule has 1 atom stereocenters. The van der Waals surface area contributed by atoms with Crippen LogP contribution < -0.4 is 5.32 Å². The van der Waals surface area contributed by atoms with Gasteiger partial charge in [0, 0.05) is 25.2 Å². The van der Waals surface area contributed by atoms with E-state index in [1.807, 2.05) is 0 Å².